The van der Waals surface area contributed by atoms with E-state index in [9.17, 15) is 0 Å². The molecule has 0 unspecified atom stereocenters. The molecule has 2 heteroatoms. The predicted octanol–water partition coefficient (Wildman–Crippen LogP) is 3.96. The number of hydrogen-bond donors (Lipinski definition) is 0. The monoisotopic (exact) mass is 225 g/mol. The summed E-state index contributed by atoms with van der Waals surface area (Å²) in [6, 6.07) is 8.10. The van der Waals surface area contributed by atoms with Crippen molar-refractivity contribution in [1.29, 1.82) is 0 Å². The molecule has 0 atom stereocenters. The number of hydrogen-bond acceptors (Lipinski definition) is 1. The second kappa shape index (κ2) is 6.86. The van der Waals surface area contributed by atoms with Crippen LogP contribution in [0.1, 0.15) is 31.7 Å². The fourth-order valence-electron chi connectivity index (χ4n) is 1.61. The molecule has 0 saturated carbocycles. The first-order valence-electron chi connectivity index (χ1n) is 5.65. The maximum Gasteiger partial charge on any atom is 0.0406 e. The van der Waals surface area contributed by atoms with Crippen LogP contribution in [0.2, 0.25) is 5.02 Å². The zero-order valence-electron chi connectivity index (χ0n) is 9.67. The summed E-state index contributed by atoms with van der Waals surface area (Å²) < 4.78 is 0. The van der Waals surface area contributed by atoms with Gasteiger partial charge in [0.2, 0.25) is 0 Å². The van der Waals surface area contributed by atoms with Crippen molar-refractivity contribution >= 4 is 11.6 Å². The molecule has 0 saturated heterocycles. The van der Waals surface area contributed by atoms with E-state index in [1.54, 1.807) is 0 Å². The third-order valence-corrected chi connectivity index (χ3v) is 2.76. The van der Waals surface area contributed by atoms with Crippen LogP contribution in [-0.2, 0) is 6.54 Å². The molecule has 0 bridgehead atoms. The first-order chi connectivity index (χ1) is 7.22. The molecule has 0 heterocycles. The van der Waals surface area contributed by atoms with Crippen molar-refractivity contribution in [3.63, 3.8) is 0 Å². The smallest absolute Gasteiger partial charge is 0.0406 e. The Kier molecular flexibility index (Phi) is 5.74. The fourth-order valence-corrected chi connectivity index (χ4v) is 1.74. The number of unbranched alkanes of at least 4 members (excludes halogenated alkanes) is 2. The van der Waals surface area contributed by atoms with Gasteiger partial charge >= 0.3 is 0 Å². The van der Waals surface area contributed by atoms with E-state index < -0.39 is 0 Å². The minimum Gasteiger partial charge on any atom is -0.302 e. The van der Waals surface area contributed by atoms with Gasteiger partial charge in [0.1, 0.15) is 0 Å². The summed E-state index contributed by atoms with van der Waals surface area (Å²) in [6.07, 6.45) is 3.90. The zero-order chi connectivity index (χ0) is 11.1. The lowest BCUT2D eigenvalue weighted by atomic mass is 10.2. The number of nitrogens with zero attached hydrogens (tertiary/aromatic N) is 1. The standard InChI is InChI=1S/C13H20ClN/c1-3-4-5-10-15(2)11-12-6-8-13(14)9-7-12/h6-9H,3-5,10-11H2,1-2H3. The lowest BCUT2D eigenvalue weighted by molar-refractivity contribution is 0.318. The van der Waals surface area contributed by atoms with Crippen LogP contribution in [0.5, 0.6) is 0 Å². The third kappa shape index (κ3) is 5.19. The molecule has 0 fully saturated rings. The van der Waals surface area contributed by atoms with E-state index in [1.165, 1.54) is 31.4 Å². The van der Waals surface area contributed by atoms with Gasteiger partial charge in [0.15, 0.2) is 0 Å². The molecule has 0 amide bonds. The molecule has 1 aromatic rings. The molecule has 1 aromatic carbocycles. The van der Waals surface area contributed by atoms with Crippen molar-refractivity contribution < 1.29 is 0 Å². The number of benzene rings is 1. The summed E-state index contributed by atoms with van der Waals surface area (Å²) in [5.41, 5.74) is 1.33. The Bertz CT molecular complexity index is 268. The normalized spacial score (nSPS) is 10.9. The minimum atomic E-state index is 0.812. The van der Waals surface area contributed by atoms with Crippen molar-refractivity contribution in [3.8, 4) is 0 Å². The summed E-state index contributed by atoms with van der Waals surface area (Å²) in [6.45, 7) is 4.43. The van der Waals surface area contributed by atoms with Gasteiger partial charge in [0.25, 0.3) is 0 Å². The van der Waals surface area contributed by atoms with E-state index >= 15 is 0 Å². The van der Waals surface area contributed by atoms with Crippen molar-refractivity contribution in [2.75, 3.05) is 13.6 Å². The molecular weight excluding hydrogens is 206 g/mol. The first-order valence-corrected chi connectivity index (χ1v) is 6.03. The van der Waals surface area contributed by atoms with Crippen LogP contribution in [0.25, 0.3) is 0 Å². The Balaban J connectivity index is 2.31. The molecule has 0 spiro atoms. The Hall–Kier alpha value is -0.530. The van der Waals surface area contributed by atoms with E-state index in [4.69, 9.17) is 11.6 Å². The fraction of sp³-hybridized carbons (Fsp3) is 0.538. The third-order valence-electron chi connectivity index (χ3n) is 2.51. The van der Waals surface area contributed by atoms with E-state index in [0.717, 1.165) is 11.6 Å². The molecule has 0 aromatic heterocycles. The van der Waals surface area contributed by atoms with Crippen molar-refractivity contribution in [1.82, 2.24) is 4.90 Å². The SMILES string of the molecule is CCCCCN(C)Cc1ccc(Cl)cc1. The quantitative estimate of drug-likeness (QED) is 0.663. The molecule has 15 heavy (non-hydrogen) atoms. The summed E-state index contributed by atoms with van der Waals surface area (Å²) in [5, 5.41) is 0.812. The molecule has 1 nitrogen and oxygen atoms in total. The highest BCUT2D eigenvalue weighted by atomic mass is 35.5. The zero-order valence-corrected chi connectivity index (χ0v) is 10.4. The van der Waals surface area contributed by atoms with Crippen molar-refractivity contribution in [2.24, 2.45) is 0 Å². The van der Waals surface area contributed by atoms with Crippen LogP contribution >= 0.6 is 11.6 Å². The minimum absolute atomic E-state index is 0.812. The van der Waals surface area contributed by atoms with Gasteiger partial charge in [-0.3, -0.25) is 0 Å². The molecule has 0 aliphatic carbocycles. The summed E-state index contributed by atoms with van der Waals surface area (Å²) >= 11 is 5.84. The topological polar surface area (TPSA) is 3.24 Å². The molecule has 0 aliphatic heterocycles. The Morgan fingerprint density at radius 2 is 1.80 bits per heavy atom. The predicted molar refractivity (Wildman–Crippen MR) is 67.3 cm³/mol. The van der Waals surface area contributed by atoms with Crippen LogP contribution in [0, 0.1) is 0 Å². The van der Waals surface area contributed by atoms with E-state index in [2.05, 4.69) is 31.0 Å². The van der Waals surface area contributed by atoms with Gasteiger partial charge in [-0.1, -0.05) is 43.5 Å². The van der Waals surface area contributed by atoms with Crippen LogP contribution in [0.4, 0.5) is 0 Å². The second-order valence-electron chi connectivity index (χ2n) is 4.07. The summed E-state index contributed by atoms with van der Waals surface area (Å²) in [4.78, 5) is 2.36. The largest absolute Gasteiger partial charge is 0.302 e. The van der Waals surface area contributed by atoms with Gasteiger partial charge in [-0.2, -0.15) is 0 Å². The highest BCUT2D eigenvalue weighted by molar-refractivity contribution is 6.30. The highest BCUT2D eigenvalue weighted by Crippen LogP contribution is 2.11. The van der Waals surface area contributed by atoms with Gasteiger partial charge in [-0.15, -0.1) is 0 Å². The second-order valence-corrected chi connectivity index (χ2v) is 4.51. The van der Waals surface area contributed by atoms with Gasteiger partial charge in [-0.05, 0) is 37.7 Å². The van der Waals surface area contributed by atoms with Crippen molar-refractivity contribution in [2.45, 2.75) is 32.7 Å². The van der Waals surface area contributed by atoms with E-state index in [0.29, 0.717) is 0 Å². The number of halogens is 1. The Morgan fingerprint density at radius 1 is 1.13 bits per heavy atom. The lowest BCUT2D eigenvalue weighted by Crippen LogP contribution is -2.18. The van der Waals surface area contributed by atoms with Crippen LogP contribution < -0.4 is 0 Å². The molecule has 0 radical (unpaired) electrons. The summed E-state index contributed by atoms with van der Waals surface area (Å²) in [7, 11) is 2.17. The van der Waals surface area contributed by atoms with Crippen LogP contribution in [-0.4, -0.2) is 18.5 Å². The maximum absolute atomic E-state index is 5.84. The van der Waals surface area contributed by atoms with Gasteiger partial charge in [0, 0.05) is 11.6 Å². The van der Waals surface area contributed by atoms with Gasteiger partial charge in [-0.25, -0.2) is 0 Å². The van der Waals surface area contributed by atoms with Crippen molar-refractivity contribution in [3.05, 3.63) is 34.9 Å². The van der Waals surface area contributed by atoms with Crippen LogP contribution in [0.3, 0.4) is 0 Å². The maximum atomic E-state index is 5.84. The van der Waals surface area contributed by atoms with E-state index in [1.807, 2.05) is 12.1 Å². The Labute approximate surface area is 98.0 Å². The van der Waals surface area contributed by atoms with Gasteiger partial charge in [0.05, 0.1) is 0 Å². The average Bonchev–Trinajstić information content (AvgIpc) is 2.22. The molecule has 84 valence electrons. The molecule has 0 aliphatic rings. The van der Waals surface area contributed by atoms with E-state index in [-0.39, 0.29) is 0 Å². The van der Waals surface area contributed by atoms with Gasteiger partial charge < -0.3 is 4.90 Å². The number of rotatable bonds is 6. The highest BCUT2D eigenvalue weighted by Gasteiger charge is 1.99. The summed E-state index contributed by atoms with van der Waals surface area (Å²) in [5.74, 6) is 0. The molecular formula is C13H20ClN. The average molecular weight is 226 g/mol. The molecule has 1 rings (SSSR count). The Morgan fingerprint density at radius 3 is 2.40 bits per heavy atom. The first kappa shape index (κ1) is 12.5. The lowest BCUT2D eigenvalue weighted by Gasteiger charge is -2.16. The van der Waals surface area contributed by atoms with Crippen LogP contribution in [0.15, 0.2) is 24.3 Å². The molecule has 0 N–H and O–H groups in total.